The Labute approximate surface area is 154 Å². The van der Waals surface area contributed by atoms with E-state index in [0.717, 1.165) is 19.1 Å². The van der Waals surface area contributed by atoms with E-state index < -0.39 is 16.1 Å². The fourth-order valence-corrected chi connectivity index (χ4v) is 5.76. The predicted molar refractivity (Wildman–Crippen MR) is 100 cm³/mol. The van der Waals surface area contributed by atoms with Crippen LogP contribution < -0.4 is 9.62 Å². The van der Waals surface area contributed by atoms with Gasteiger partial charge in [0.05, 0.1) is 11.9 Å². The predicted octanol–water partition coefficient (Wildman–Crippen LogP) is 3.19. The van der Waals surface area contributed by atoms with Crippen LogP contribution in [0, 0.1) is 11.8 Å². The third-order valence-corrected chi connectivity index (χ3v) is 6.87. The molecule has 5 nitrogen and oxygen atoms in total. The number of rotatable bonds is 6. The van der Waals surface area contributed by atoms with Crippen LogP contribution in [0.15, 0.2) is 24.3 Å². The fourth-order valence-electron chi connectivity index (χ4n) is 4.37. The summed E-state index contributed by atoms with van der Waals surface area (Å²) in [6, 6.07) is 6.03. The summed E-state index contributed by atoms with van der Waals surface area (Å²) in [4.78, 5) is 12.9. The summed E-state index contributed by atoms with van der Waals surface area (Å²) in [5, 5.41) is 3.56. The number of amides is 1. The topological polar surface area (TPSA) is 66.5 Å². The van der Waals surface area contributed by atoms with E-state index >= 15 is 0 Å². The molecular formula is C18H25ClN2O3S. The quantitative estimate of drug-likeness (QED) is 0.819. The maximum absolute atomic E-state index is 12.9. The van der Waals surface area contributed by atoms with Gasteiger partial charge in [0.1, 0.15) is 6.04 Å². The van der Waals surface area contributed by atoms with Gasteiger partial charge in [-0.25, -0.2) is 8.42 Å². The third-order valence-electron chi connectivity index (χ3n) is 5.46. The first-order valence-electron chi connectivity index (χ1n) is 8.85. The van der Waals surface area contributed by atoms with Crippen molar-refractivity contribution < 1.29 is 13.2 Å². The van der Waals surface area contributed by atoms with Gasteiger partial charge >= 0.3 is 0 Å². The summed E-state index contributed by atoms with van der Waals surface area (Å²) in [7, 11) is -3.62. The average molecular weight is 385 g/mol. The van der Waals surface area contributed by atoms with Crippen LogP contribution in [0.4, 0.5) is 5.69 Å². The van der Waals surface area contributed by atoms with Gasteiger partial charge in [-0.05, 0) is 55.7 Å². The number of anilines is 1. The molecule has 138 valence electrons. The monoisotopic (exact) mass is 384 g/mol. The van der Waals surface area contributed by atoms with Crippen LogP contribution in [0.5, 0.6) is 0 Å². The molecule has 0 radical (unpaired) electrons. The van der Waals surface area contributed by atoms with E-state index in [0.29, 0.717) is 29.0 Å². The third kappa shape index (κ3) is 3.95. The largest absolute Gasteiger partial charge is 0.351 e. The Kier molecular flexibility index (Phi) is 5.30. The van der Waals surface area contributed by atoms with Crippen LogP contribution in [0.2, 0.25) is 5.02 Å². The molecule has 0 spiro atoms. The zero-order chi connectivity index (χ0) is 18.2. The summed E-state index contributed by atoms with van der Waals surface area (Å²) in [5.41, 5.74) is 0.421. The van der Waals surface area contributed by atoms with Gasteiger partial charge in [-0.2, -0.15) is 0 Å². The number of carbonyl (C=O) groups excluding carboxylic acids is 1. The van der Waals surface area contributed by atoms with E-state index in [1.165, 1.54) is 17.1 Å². The molecule has 2 fully saturated rings. The zero-order valence-electron chi connectivity index (χ0n) is 14.6. The maximum atomic E-state index is 12.9. The Balaban J connectivity index is 1.83. The molecule has 0 unspecified atom stereocenters. The number of nitrogens with zero attached hydrogens (tertiary/aromatic N) is 1. The highest BCUT2D eigenvalue weighted by Gasteiger charge is 2.41. The van der Waals surface area contributed by atoms with Crippen molar-refractivity contribution in [3.63, 3.8) is 0 Å². The molecule has 0 aromatic heterocycles. The minimum Gasteiger partial charge on any atom is -0.351 e. The maximum Gasteiger partial charge on any atom is 0.244 e. The molecule has 7 heteroatoms. The van der Waals surface area contributed by atoms with Gasteiger partial charge in [0.15, 0.2) is 0 Å². The number of hydrogen-bond acceptors (Lipinski definition) is 3. The molecule has 0 saturated heterocycles. The second-order valence-corrected chi connectivity index (χ2v) is 9.55. The Morgan fingerprint density at radius 3 is 2.64 bits per heavy atom. The molecule has 3 rings (SSSR count). The lowest BCUT2D eigenvalue weighted by Gasteiger charge is -2.32. The van der Waals surface area contributed by atoms with Crippen LogP contribution in [0.25, 0.3) is 0 Å². The number of sulfonamides is 1. The molecule has 1 N–H and O–H groups in total. The van der Waals surface area contributed by atoms with Crippen LogP contribution in [0.3, 0.4) is 0 Å². The van der Waals surface area contributed by atoms with E-state index in [1.807, 2.05) is 6.92 Å². The first-order chi connectivity index (χ1) is 11.8. The van der Waals surface area contributed by atoms with Gasteiger partial charge in [0.25, 0.3) is 0 Å². The van der Waals surface area contributed by atoms with Crippen molar-refractivity contribution >= 4 is 33.2 Å². The summed E-state index contributed by atoms with van der Waals surface area (Å²) < 4.78 is 26.0. The summed E-state index contributed by atoms with van der Waals surface area (Å²) in [6.07, 6.45) is 6.14. The highest BCUT2D eigenvalue weighted by atomic mass is 35.5. The molecule has 0 heterocycles. The number of carbonyl (C=O) groups is 1. The van der Waals surface area contributed by atoms with Gasteiger partial charge in [-0.3, -0.25) is 9.10 Å². The summed E-state index contributed by atoms with van der Waals surface area (Å²) in [6.45, 7) is 1.83. The van der Waals surface area contributed by atoms with Gasteiger partial charge in [-0.15, -0.1) is 0 Å². The summed E-state index contributed by atoms with van der Waals surface area (Å²) >= 11 is 6.02. The molecule has 1 amide bonds. The number of benzene rings is 1. The van der Waals surface area contributed by atoms with E-state index in [4.69, 9.17) is 11.6 Å². The van der Waals surface area contributed by atoms with Gasteiger partial charge in [0, 0.05) is 11.1 Å². The van der Waals surface area contributed by atoms with Crippen molar-refractivity contribution in [3.05, 3.63) is 29.3 Å². The van der Waals surface area contributed by atoms with Gasteiger partial charge < -0.3 is 5.32 Å². The van der Waals surface area contributed by atoms with Crippen molar-refractivity contribution in [2.24, 2.45) is 11.8 Å². The highest BCUT2D eigenvalue weighted by molar-refractivity contribution is 7.92. The molecule has 2 aliphatic rings. The van der Waals surface area contributed by atoms with Crippen LogP contribution in [-0.2, 0) is 14.8 Å². The molecule has 4 atom stereocenters. The molecule has 0 aliphatic heterocycles. The number of halogens is 1. The first kappa shape index (κ1) is 18.5. The number of nitrogens with one attached hydrogen (secondary N) is 1. The Morgan fingerprint density at radius 1 is 1.36 bits per heavy atom. The van der Waals surface area contributed by atoms with Crippen molar-refractivity contribution in [3.8, 4) is 0 Å². The normalized spacial score (nSPS) is 26.4. The smallest absolute Gasteiger partial charge is 0.244 e. The fraction of sp³-hybridized carbons (Fsp3) is 0.611. The van der Waals surface area contributed by atoms with Crippen molar-refractivity contribution in [1.29, 1.82) is 0 Å². The molecule has 2 bridgehead atoms. The minimum atomic E-state index is -3.62. The van der Waals surface area contributed by atoms with Crippen LogP contribution in [0.1, 0.15) is 39.0 Å². The van der Waals surface area contributed by atoms with E-state index in [-0.39, 0.29) is 11.9 Å². The first-order valence-corrected chi connectivity index (χ1v) is 11.1. The van der Waals surface area contributed by atoms with Crippen LogP contribution in [-0.4, -0.2) is 32.7 Å². The van der Waals surface area contributed by atoms with Gasteiger partial charge in [-0.1, -0.05) is 31.0 Å². The zero-order valence-corrected chi connectivity index (χ0v) is 16.2. The molecular weight excluding hydrogens is 360 g/mol. The van der Waals surface area contributed by atoms with Crippen molar-refractivity contribution in [2.45, 2.75) is 51.1 Å². The van der Waals surface area contributed by atoms with Gasteiger partial charge in [0.2, 0.25) is 15.9 Å². The number of hydrogen-bond donors (Lipinski definition) is 1. The van der Waals surface area contributed by atoms with E-state index in [1.54, 1.807) is 24.3 Å². The molecule has 1 aromatic carbocycles. The minimum absolute atomic E-state index is 0.182. The van der Waals surface area contributed by atoms with Crippen LogP contribution >= 0.6 is 11.6 Å². The molecule has 2 saturated carbocycles. The molecule has 2 aliphatic carbocycles. The number of fused-ring (bicyclic) bond motifs is 2. The second kappa shape index (κ2) is 7.16. The average Bonchev–Trinajstić information content (AvgIpc) is 3.13. The lowest BCUT2D eigenvalue weighted by Crippen LogP contribution is -2.52. The molecule has 25 heavy (non-hydrogen) atoms. The Bertz CT molecular complexity index is 752. The highest BCUT2D eigenvalue weighted by Crippen LogP contribution is 2.44. The van der Waals surface area contributed by atoms with E-state index in [2.05, 4.69) is 5.32 Å². The lowest BCUT2D eigenvalue weighted by atomic mass is 9.95. The SMILES string of the molecule is CC[C@@H](C(=O)N[C@H]1C[C@H]2CC[C@H]1C2)N(c1cccc(Cl)c1)S(C)(=O)=O. The second-order valence-electron chi connectivity index (χ2n) is 7.25. The van der Waals surface area contributed by atoms with E-state index in [9.17, 15) is 13.2 Å². The van der Waals surface area contributed by atoms with Crippen molar-refractivity contribution in [1.82, 2.24) is 5.32 Å². The van der Waals surface area contributed by atoms with Crippen molar-refractivity contribution in [2.75, 3.05) is 10.6 Å². The molecule has 1 aromatic rings. The Hall–Kier alpha value is -1.27. The standard InChI is InChI=1S/C18H25ClN2O3S/c1-3-17(18(22)20-16-10-12-7-8-13(16)9-12)21(25(2,23)24)15-6-4-5-14(19)11-15/h4-6,11-13,16-17H,3,7-10H2,1-2H3,(H,20,22)/t12-,13-,16-,17-/m0/s1. The Morgan fingerprint density at radius 2 is 2.12 bits per heavy atom. The lowest BCUT2D eigenvalue weighted by molar-refractivity contribution is -0.123. The summed E-state index contributed by atoms with van der Waals surface area (Å²) in [5.74, 6) is 1.05.